The third-order valence-corrected chi connectivity index (χ3v) is 4.73. The first-order valence-electron chi connectivity index (χ1n) is 8.59. The summed E-state index contributed by atoms with van der Waals surface area (Å²) in [6, 6.07) is 4.08. The van der Waals surface area contributed by atoms with Crippen molar-refractivity contribution in [2.24, 2.45) is 0 Å². The summed E-state index contributed by atoms with van der Waals surface area (Å²) in [7, 11) is 0. The molecule has 1 aliphatic rings. The van der Waals surface area contributed by atoms with Crippen LogP contribution in [0.1, 0.15) is 70.9 Å². The van der Waals surface area contributed by atoms with E-state index in [9.17, 15) is 5.11 Å². The fourth-order valence-corrected chi connectivity index (χ4v) is 3.02. The Morgan fingerprint density at radius 1 is 1.18 bits per heavy atom. The summed E-state index contributed by atoms with van der Waals surface area (Å²) >= 11 is 0. The zero-order valence-corrected chi connectivity index (χ0v) is 14.5. The molecule has 1 aromatic carbocycles. The molecule has 0 fully saturated rings. The van der Waals surface area contributed by atoms with Gasteiger partial charge in [0.05, 0.1) is 0 Å². The summed E-state index contributed by atoms with van der Waals surface area (Å²) in [6.07, 6.45) is 9.13. The molecule has 0 atom stereocenters. The minimum absolute atomic E-state index is 0.0678. The van der Waals surface area contributed by atoms with Gasteiger partial charge in [-0.1, -0.05) is 52.5 Å². The van der Waals surface area contributed by atoms with Crippen LogP contribution < -0.4 is 4.74 Å². The molecule has 0 unspecified atom stereocenters. The van der Waals surface area contributed by atoms with Crippen molar-refractivity contribution in [2.75, 3.05) is 6.61 Å². The van der Waals surface area contributed by atoms with Crippen molar-refractivity contribution in [2.45, 2.75) is 71.6 Å². The Labute approximate surface area is 135 Å². The predicted octanol–water partition coefficient (Wildman–Crippen LogP) is 5.52. The fourth-order valence-electron chi connectivity index (χ4n) is 3.02. The van der Waals surface area contributed by atoms with Crippen LogP contribution >= 0.6 is 0 Å². The van der Waals surface area contributed by atoms with Crippen LogP contribution in [-0.4, -0.2) is 11.7 Å². The predicted molar refractivity (Wildman–Crippen MR) is 92.8 cm³/mol. The Morgan fingerprint density at radius 2 is 1.95 bits per heavy atom. The first-order valence-corrected chi connectivity index (χ1v) is 8.59. The number of hydrogen-bond acceptors (Lipinski definition) is 2. The second-order valence-electron chi connectivity index (χ2n) is 7.21. The van der Waals surface area contributed by atoms with Crippen molar-refractivity contribution in [3.8, 4) is 11.5 Å². The first kappa shape index (κ1) is 16.9. The number of aromatic hydroxyl groups is 1. The van der Waals surface area contributed by atoms with Crippen molar-refractivity contribution >= 4 is 0 Å². The van der Waals surface area contributed by atoms with Crippen LogP contribution in [0.15, 0.2) is 23.8 Å². The molecular weight excluding hydrogens is 272 g/mol. The molecule has 0 saturated carbocycles. The van der Waals surface area contributed by atoms with Crippen LogP contribution in [0.25, 0.3) is 0 Å². The van der Waals surface area contributed by atoms with Crippen LogP contribution in [0.2, 0.25) is 0 Å². The lowest BCUT2D eigenvalue weighted by atomic mass is 9.79. The molecule has 1 N–H and O–H groups in total. The molecule has 0 radical (unpaired) electrons. The summed E-state index contributed by atoms with van der Waals surface area (Å²) < 4.78 is 5.89. The maximum Gasteiger partial charge on any atom is 0.127 e. The van der Waals surface area contributed by atoms with Crippen LogP contribution in [0, 0.1) is 0 Å². The fraction of sp³-hybridized carbons (Fsp3) is 0.600. The van der Waals surface area contributed by atoms with E-state index in [1.54, 1.807) is 0 Å². The number of benzene rings is 1. The molecule has 22 heavy (non-hydrogen) atoms. The summed E-state index contributed by atoms with van der Waals surface area (Å²) in [6.45, 7) is 9.46. The number of phenolic OH excluding ortho intramolecular Hbond substituents is 1. The minimum atomic E-state index is 0.0678. The molecule has 2 heteroatoms. The molecule has 2 rings (SSSR count). The average molecular weight is 302 g/mol. The SMILES string of the molecule is CCCCCCC(C)(C)c1cc(O)c2c(c1)OCC(C)=CC2. The molecule has 0 bridgehead atoms. The van der Waals surface area contributed by atoms with Gasteiger partial charge in [0.15, 0.2) is 0 Å². The Balaban J connectivity index is 2.18. The molecule has 1 heterocycles. The number of unbranched alkanes of at least 4 members (excludes halogenated alkanes) is 3. The van der Waals surface area contributed by atoms with E-state index in [1.165, 1.54) is 36.8 Å². The van der Waals surface area contributed by atoms with Crippen LogP contribution in [0.4, 0.5) is 0 Å². The normalized spacial score (nSPS) is 14.8. The Morgan fingerprint density at radius 3 is 2.68 bits per heavy atom. The molecule has 0 spiro atoms. The average Bonchev–Trinajstić information content (AvgIpc) is 2.66. The molecular formula is C20H30O2. The summed E-state index contributed by atoms with van der Waals surface area (Å²) in [5.74, 6) is 1.23. The van der Waals surface area contributed by atoms with Gasteiger partial charge in [-0.25, -0.2) is 0 Å². The van der Waals surface area contributed by atoms with Gasteiger partial charge in [-0.15, -0.1) is 0 Å². The largest absolute Gasteiger partial charge is 0.508 e. The standard InChI is InChI=1S/C20H30O2/c1-5-6-7-8-11-20(3,4)16-12-18(21)17-10-9-15(2)14-22-19(17)13-16/h9,12-13,21H,5-8,10-11,14H2,1-4H3. The van der Waals surface area contributed by atoms with E-state index in [4.69, 9.17) is 4.74 Å². The second kappa shape index (κ2) is 7.21. The summed E-state index contributed by atoms with van der Waals surface area (Å²) in [5, 5.41) is 10.4. The van der Waals surface area contributed by atoms with Crippen molar-refractivity contribution < 1.29 is 9.84 Å². The first-order chi connectivity index (χ1) is 10.4. The number of ether oxygens (including phenoxy) is 1. The highest BCUT2D eigenvalue weighted by Gasteiger charge is 2.24. The van der Waals surface area contributed by atoms with Crippen molar-refractivity contribution in [1.29, 1.82) is 0 Å². The minimum Gasteiger partial charge on any atom is -0.508 e. The highest BCUT2D eigenvalue weighted by molar-refractivity contribution is 5.51. The Hall–Kier alpha value is -1.44. The van der Waals surface area contributed by atoms with E-state index in [0.717, 1.165) is 24.2 Å². The molecule has 0 aromatic heterocycles. The van der Waals surface area contributed by atoms with Gasteiger partial charge in [-0.05, 0) is 48.4 Å². The maximum absolute atomic E-state index is 10.4. The van der Waals surface area contributed by atoms with Gasteiger partial charge in [-0.2, -0.15) is 0 Å². The lowest BCUT2D eigenvalue weighted by Crippen LogP contribution is -2.17. The van der Waals surface area contributed by atoms with E-state index >= 15 is 0 Å². The van der Waals surface area contributed by atoms with Crippen molar-refractivity contribution in [1.82, 2.24) is 0 Å². The number of rotatable bonds is 6. The van der Waals surface area contributed by atoms with Crippen LogP contribution in [0.5, 0.6) is 11.5 Å². The molecule has 1 aromatic rings. The molecule has 0 saturated heterocycles. The van der Waals surface area contributed by atoms with Gasteiger partial charge in [0.25, 0.3) is 0 Å². The number of hydrogen-bond donors (Lipinski definition) is 1. The summed E-state index contributed by atoms with van der Waals surface area (Å²) in [5.41, 5.74) is 3.39. The molecule has 0 amide bonds. The van der Waals surface area contributed by atoms with Crippen LogP contribution in [0.3, 0.4) is 0 Å². The van der Waals surface area contributed by atoms with E-state index in [0.29, 0.717) is 12.4 Å². The third kappa shape index (κ3) is 4.06. The third-order valence-electron chi connectivity index (χ3n) is 4.73. The summed E-state index contributed by atoms with van der Waals surface area (Å²) in [4.78, 5) is 0. The maximum atomic E-state index is 10.4. The lowest BCUT2D eigenvalue weighted by Gasteiger charge is -2.27. The van der Waals surface area contributed by atoms with Gasteiger partial charge in [0, 0.05) is 5.56 Å². The van der Waals surface area contributed by atoms with Gasteiger partial charge >= 0.3 is 0 Å². The zero-order valence-electron chi connectivity index (χ0n) is 14.5. The van der Waals surface area contributed by atoms with Gasteiger partial charge in [0.1, 0.15) is 18.1 Å². The van der Waals surface area contributed by atoms with Crippen LogP contribution in [-0.2, 0) is 11.8 Å². The van der Waals surface area contributed by atoms with E-state index in [1.807, 2.05) is 6.07 Å². The highest BCUT2D eigenvalue weighted by Crippen LogP contribution is 2.39. The zero-order chi connectivity index (χ0) is 16.2. The van der Waals surface area contributed by atoms with Crippen molar-refractivity contribution in [3.63, 3.8) is 0 Å². The highest BCUT2D eigenvalue weighted by atomic mass is 16.5. The quantitative estimate of drug-likeness (QED) is 0.553. The smallest absolute Gasteiger partial charge is 0.127 e. The van der Waals surface area contributed by atoms with Gasteiger partial charge in [0.2, 0.25) is 0 Å². The number of allylic oxidation sites excluding steroid dienone is 1. The topological polar surface area (TPSA) is 29.5 Å². The van der Waals surface area contributed by atoms with E-state index < -0.39 is 0 Å². The number of fused-ring (bicyclic) bond motifs is 1. The van der Waals surface area contributed by atoms with E-state index in [-0.39, 0.29) is 5.41 Å². The van der Waals surface area contributed by atoms with Gasteiger partial charge in [-0.3, -0.25) is 0 Å². The molecule has 1 aliphatic heterocycles. The van der Waals surface area contributed by atoms with Crippen molar-refractivity contribution in [3.05, 3.63) is 34.9 Å². The molecule has 0 aliphatic carbocycles. The van der Waals surface area contributed by atoms with Gasteiger partial charge < -0.3 is 9.84 Å². The Kier molecular flexibility index (Phi) is 5.55. The monoisotopic (exact) mass is 302 g/mol. The second-order valence-corrected chi connectivity index (χ2v) is 7.21. The number of phenols is 1. The lowest BCUT2D eigenvalue weighted by molar-refractivity contribution is 0.346. The molecule has 122 valence electrons. The van der Waals surface area contributed by atoms with E-state index in [2.05, 4.69) is 39.8 Å². The molecule has 2 nitrogen and oxygen atoms in total. The Bertz CT molecular complexity index is 541.